The second kappa shape index (κ2) is 28.1. The van der Waals surface area contributed by atoms with Crippen LogP contribution in [0.15, 0.2) is 60.8 Å². The fourth-order valence-corrected chi connectivity index (χ4v) is 6.24. The van der Waals surface area contributed by atoms with Gasteiger partial charge in [0.25, 0.3) is 11.8 Å². The maximum absolute atomic E-state index is 13.6. The van der Waals surface area contributed by atoms with Gasteiger partial charge in [0.15, 0.2) is 0 Å². The van der Waals surface area contributed by atoms with Crippen molar-refractivity contribution in [2.24, 2.45) is 5.73 Å². The van der Waals surface area contributed by atoms with Crippen molar-refractivity contribution in [3.63, 3.8) is 0 Å². The number of nitrogens with one attached hydrogen (secondary N) is 1. The topological polar surface area (TPSA) is 176 Å². The molecule has 330 valence electrons. The van der Waals surface area contributed by atoms with Gasteiger partial charge < -0.3 is 58.9 Å². The maximum Gasteiger partial charge on any atom is 0.255 e. The van der Waals surface area contributed by atoms with Gasteiger partial charge in [-0.2, -0.15) is 0 Å². The summed E-state index contributed by atoms with van der Waals surface area (Å²) in [7, 11) is 5.36. The number of anilines is 2. The molecule has 16 nitrogen and oxygen atoms in total. The second-order valence-electron chi connectivity index (χ2n) is 14.3. The van der Waals surface area contributed by atoms with Gasteiger partial charge in [0.2, 0.25) is 5.91 Å². The van der Waals surface area contributed by atoms with Crippen molar-refractivity contribution in [2.45, 2.75) is 19.3 Å². The number of hydrogen-bond donors (Lipinski definition) is 2. The molecule has 4 rings (SSSR count). The van der Waals surface area contributed by atoms with Gasteiger partial charge in [-0.25, -0.2) is 0 Å². The van der Waals surface area contributed by atoms with Crippen LogP contribution in [0.4, 0.5) is 11.4 Å². The molecule has 3 aromatic rings. The number of carbonyl (C=O) groups excluding carboxylic acids is 3. The van der Waals surface area contributed by atoms with Crippen molar-refractivity contribution >= 4 is 29.1 Å². The number of nitrogens with two attached hydrogens (primary N) is 1. The Bertz CT molecular complexity index is 1730. The lowest BCUT2D eigenvalue weighted by Gasteiger charge is -2.29. The van der Waals surface area contributed by atoms with E-state index in [0.29, 0.717) is 139 Å². The number of primary amides is 1. The molecule has 0 radical (unpaired) electrons. The van der Waals surface area contributed by atoms with Crippen molar-refractivity contribution in [3.8, 4) is 11.3 Å². The second-order valence-corrected chi connectivity index (χ2v) is 14.3. The summed E-state index contributed by atoms with van der Waals surface area (Å²) in [6.07, 6.45) is 4.95. The van der Waals surface area contributed by atoms with Crippen molar-refractivity contribution in [1.82, 2.24) is 14.8 Å². The molecule has 1 aromatic heterocycles. The van der Waals surface area contributed by atoms with Gasteiger partial charge >= 0.3 is 0 Å². The minimum absolute atomic E-state index is 0.192. The average molecular weight is 837 g/mol. The molecule has 0 aliphatic carbocycles. The number of benzene rings is 2. The van der Waals surface area contributed by atoms with E-state index in [1.807, 2.05) is 25.2 Å². The predicted octanol–water partition coefficient (Wildman–Crippen LogP) is 3.84. The van der Waals surface area contributed by atoms with Crippen LogP contribution in [0.3, 0.4) is 0 Å². The van der Waals surface area contributed by atoms with E-state index in [-0.39, 0.29) is 11.8 Å². The summed E-state index contributed by atoms with van der Waals surface area (Å²) in [5.41, 5.74) is 9.36. The number of pyridine rings is 1. The van der Waals surface area contributed by atoms with Crippen molar-refractivity contribution < 1.29 is 47.5 Å². The van der Waals surface area contributed by atoms with E-state index in [9.17, 15) is 14.4 Å². The first kappa shape index (κ1) is 48.1. The average Bonchev–Trinajstić information content (AvgIpc) is 3.27. The Hall–Kier alpha value is -4.52. The number of nitrogens with zero attached hydrogens (tertiary/aromatic N) is 4. The van der Waals surface area contributed by atoms with Crippen molar-refractivity contribution in [2.75, 3.05) is 150 Å². The molecule has 1 aliphatic rings. The molecule has 0 atom stereocenters. The van der Waals surface area contributed by atoms with Gasteiger partial charge in [0.1, 0.15) is 0 Å². The summed E-state index contributed by atoms with van der Waals surface area (Å²) in [5.74, 6) is -1.13. The Balaban J connectivity index is 1.12. The first-order chi connectivity index (χ1) is 29.3. The number of methoxy groups -OCH3 is 1. The Morgan fingerprint density at radius 3 is 1.85 bits per heavy atom. The Morgan fingerprint density at radius 1 is 0.667 bits per heavy atom. The van der Waals surface area contributed by atoms with Crippen LogP contribution < -0.4 is 16.0 Å². The molecule has 60 heavy (non-hydrogen) atoms. The van der Waals surface area contributed by atoms with Crippen molar-refractivity contribution in [3.05, 3.63) is 77.5 Å². The van der Waals surface area contributed by atoms with Crippen LogP contribution in [0, 0.1) is 0 Å². The highest BCUT2D eigenvalue weighted by Gasteiger charge is 2.19. The first-order valence-electron chi connectivity index (χ1n) is 20.7. The maximum atomic E-state index is 13.6. The molecule has 2 aromatic carbocycles. The van der Waals surface area contributed by atoms with Gasteiger partial charge in [0, 0.05) is 81.0 Å². The SMILES string of the molecule is COCCOCCOCCOCCOCCOCCOCCN(C)CCN(C)C(=O)c1cccc(C(=O)Nc2ccc(N3CCCCC3)cc2-c2cc(C(N)=O)ccn2)c1. The summed E-state index contributed by atoms with van der Waals surface area (Å²) in [6.45, 7) is 10.3. The molecule has 2 heterocycles. The van der Waals surface area contributed by atoms with Gasteiger partial charge in [-0.3, -0.25) is 19.4 Å². The number of hydrogen-bond acceptors (Lipinski definition) is 13. The molecule has 3 amide bonds. The third-order valence-electron chi connectivity index (χ3n) is 9.74. The van der Waals surface area contributed by atoms with Crippen LogP contribution in [0.5, 0.6) is 0 Å². The fourth-order valence-electron chi connectivity index (χ4n) is 6.24. The third-order valence-corrected chi connectivity index (χ3v) is 9.74. The summed E-state index contributed by atoms with van der Waals surface area (Å²) in [6, 6.07) is 15.7. The summed E-state index contributed by atoms with van der Waals surface area (Å²) >= 11 is 0. The number of amides is 3. The van der Waals surface area contributed by atoms with E-state index in [1.165, 1.54) is 12.6 Å². The Kier molecular flexibility index (Phi) is 22.5. The van der Waals surface area contributed by atoms with E-state index in [1.54, 1.807) is 55.5 Å². The Labute approximate surface area is 354 Å². The smallest absolute Gasteiger partial charge is 0.255 e. The van der Waals surface area contributed by atoms with E-state index in [2.05, 4.69) is 20.1 Å². The molecule has 1 saturated heterocycles. The minimum Gasteiger partial charge on any atom is -0.382 e. The monoisotopic (exact) mass is 836 g/mol. The van der Waals surface area contributed by atoms with Crippen molar-refractivity contribution in [1.29, 1.82) is 0 Å². The van der Waals surface area contributed by atoms with Gasteiger partial charge in [-0.05, 0) is 74.8 Å². The molecule has 0 saturated carbocycles. The third kappa shape index (κ3) is 17.6. The molecular weight excluding hydrogens is 773 g/mol. The standard InChI is InChI=1S/C44H64N6O10/c1-48(18-19-55-22-23-57-26-27-59-30-31-60-29-28-58-25-24-56-21-20-54-3)16-17-49(2)44(53)37-9-7-8-36(32-37)43(52)47-40-11-10-38(50-14-5-4-6-15-50)34-39(40)41-33-35(42(45)51)12-13-46-41/h7-13,32-34H,4-6,14-31H2,1-3H3,(H2,45,51)(H,47,52). The van der Waals surface area contributed by atoms with E-state index < -0.39 is 5.91 Å². The highest BCUT2D eigenvalue weighted by atomic mass is 16.6. The zero-order valence-electron chi connectivity index (χ0n) is 35.6. The van der Waals surface area contributed by atoms with E-state index >= 15 is 0 Å². The largest absolute Gasteiger partial charge is 0.382 e. The van der Waals surface area contributed by atoms with Crippen LogP contribution in [0.2, 0.25) is 0 Å². The van der Waals surface area contributed by atoms with Gasteiger partial charge in [-0.1, -0.05) is 6.07 Å². The van der Waals surface area contributed by atoms with Gasteiger partial charge in [-0.15, -0.1) is 0 Å². The normalized spacial score (nSPS) is 12.8. The molecule has 0 unspecified atom stereocenters. The van der Waals surface area contributed by atoms with E-state index in [0.717, 1.165) is 31.6 Å². The fraction of sp³-hybridized carbons (Fsp3) is 0.545. The molecule has 1 aliphatic heterocycles. The summed E-state index contributed by atoms with van der Waals surface area (Å²) < 4.78 is 37.9. The number of rotatable bonds is 30. The molecule has 0 spiro atoms. The number of likely N-dealkylation sites (N-methyl/N-ethyl adjacent to an activating group) is 2. The summed E-state index contributed by atoms with van der Waals surface area (Å²) in [5, 5.41) is 3.02. The molecule has 3 N–H and O–H groups in total. The molecule has 0 bridgehead atoms. The highest BCUT2D eigenvalue weighted by Crippen LogP contribution is 2.33. The zero-order valence-corrected chi connectivity index (χ0v) is 35.6. The van der Waals surface area contributed by atoms with E-state index in [4.69, 9.17) is 38.9 Å². The lowest BCUT2D eigenvalue weighted by atomic mass is 10.0. The molecule has 16 heteroatoms. The molecular formula is C44H64N6O10. The number of aromatic nitrogens is 1. The Morgan fingerprint density at radius 2 is 1.25 bits per heavy atom. The highest BCUT2D eigenvalue weighted by molar-refractivity contribution is 6.08. The lowest BCUT2D eigenvalue weighted by Crippen LogP contribution is -2.36. The first-order valence-corrected chi connectivity index (χ1v) is 20.7. The van der Waals surface area contributed by atoms with Crippen LogP contribution >= 0.6 is 0 Å². The number of carbonyl (C=O) groups is 3. The van der Waals surface area contributed by atoms with Crippen LogP contribution in [0.1, 0.15) is 50.3 Å². The van der Waals surface area contributed by atoms with Crippen LogP contribution in [-0.4, -0.2) is 172 Å². The quantitative estimate of drug-likeness (QED) is 0.0928. The van der Waals surface area contributed by atoms with Gasteiger partial charge in [0.05, 0.1) is 97.3 Å². The summed E-state index contributed by atoms with van der Waals surface area (Å²) in [4.78, 5) is 49.6. The number of ether oxygens (including phenoxy) is 7. The van der Waals surface area contributed by atoms with Crippen LogP contribution in [0.25, 0.3) is 11.3 Å². The molecule has 1 fully saturated rings. The van der Waals surface area contributed by atoms with Crippen LogP contribution in [-0.2, 0) is 33.2 Å². The minimum atomic E-state index is -0.562. The lowest BCUT2D eigenvalue weighted by molar-refractivity contribution is -0.0195. The zero-order chi connectivity index (χ0) is 42.8. The number of piperidine rings is 1. The predicted molar refractivity (Wildman–Crippen MR) is 230 cm³/mol.